The fourth-order valence-corrected chi connectivity index (χ4v) is 1.84. The number of aliphatic carboxylic acids is 1. The summed E-state index contributed by atoms with van der Waals surface area (Å²) < 4.78 is 13.2. The van der Waals surface area contributed by atoms with Crippen LogP contribution in [0, 0.1) is 11.2 Å². The van der Waals surface area contributed by atoms with E-state index in [0.29, 0.717) is 17.7 Å². The quantitative estimate of drug-likeness (QED) is 0.808. The highest BCUT2D eigenvalue weighted by atomic mass is 19.1. The number of hydrogen-bond donors (Lipinski definition) is 2. The maximum absolute atomic E-state index is 13.2. The van der Waals surface area contributed by atoms with Gasteiger partial charge >= 0.3 is 5.97 Å². The van der Waals surface area contributed by atoms with Gasteiger partial charge in [0.2, 0.25) is 0 Å². The molecule has 1 aromatic rings. The average molecular weight is 253 g/mol. The van der Waals surface area contributed by atoms with Crippen LogP contribution in [0.2, 0.25) is 0 Å². The zero-order valence-corrected chi connectivity index (χ0v) is 11.0. The van der Waals surface area contributed by atoms with Crippen LogP contribution >= 0.6 is 0 Å². The molecule has 1 rings (SSSR count). The topological polar surface area (TPSA) is 63.3 Å². The van der Waals surface area contributed by atoms with Crippen molar-refractivity contribution in [3.63, 3.8) is 0 Å². The van der Waals surface area contributed by atoms with Gasteiger partial charge in [-0.05, 0) is 42.0 Å². The van der Waals surface area contributed by atoms with E-state index < -0.39 is 17.7 Å². The molecule has 0 heterocycles. The van der Waals surface area contributed by atoms with Crippen LogP contribution in [0.5, 0.6) is 0 Å². The molecule has 0 spiro atoms. The van der Waals surface area contributed by atoms with Crippen LogP contribution in [0.3, 0.4) is 0 Å². The molecular formula is C14H20FNO2. The van der Waals surface area contributed by atoms with Crippen molar-refractivity contribution in [3.05, 3.63) is 29.6 Å². The monoisotopic (exact) mass is 253 g/mol. The van der Waals surface area contributed by atoms with Crippen LogP contribution in [0.15, 0.2) is 18.2 Å². The fourth-order valence-electron chi connectivity index (χ4n) is 1.84. The molecule has 0 fully saturated rings. The van der Waals surface area contributed by atoms with Crippen molar-refractivity contribution in [1.82, 2.24) is 0 Å². The summed E-state index contributed by atoms with van der Waals surface area (Å²) in [6.07, 6.45) is 1.19. The largest absolute Gasteiger partial charge is 0.481 e. The Balaban J connectivity index is 2.98. The predicted octanol–water partition coefficient (Wildman–Crippen LogP) is 3.40. The normalized spacial score (nSPS) is 13.3. The van der Waals surface area contributed by atoms with Crippen LogP contribution in [0.25, 0.3) is 0 Å². The summed E-state index contributed by atoms with van der Waals surface area (Å²) in [4.78, 5) is 11.3. The van der Waals surface area contributed by atoms with Crippen molar-refractivity contribution in [2.75, 3.05) is 5.73 Å². The summed E-state index contributed by atoms with van der Waals surface area (Å²) in [6, 6.07) is 3.87. The number of carboxylic acid groups (broad SMARTS) is 1. The third-order valence-electron chi connectivity index (χ3n) is 2.91. The Bertz CT molecular complexity index is 438. The number of rotatable bonds is 4. The van der Waals surface area contributed by atoms with Crippen molar-refractivity contribution in [2.45, 2.75) is 39.5 Å². The van der Waals surface area contributed by atoms with E-state index in [2.05, 4.69) is 0 Å². The van der Waals surface area contributed by atoms with Crippen molar-refractivity contribution in [3.8, 4) is 0 Å². The zero-order chi connectivity index (χ0) is 13.9. The zero-order valence-electron chi connectivity index (χ0n) is 11.0. The van der Waals surface area contributed by atoms with Crippen molar-refractivity contribution < 1.29 is 14.3 Å². The SMILES string of the molecule is CC(C)(C)CCC(C(=O)O)c1cc(F)ccc1N. The van der Waals surface area contributed by atoms with Crippen LogP contribution in [-0.2, 0) is 4.79 Å². The van der Waals surface area contributed by atoms with E-state index in [1.807, 2.05) is 20.8 Å². The summed E-state index contributed by atoms with van der Waals surface area (Å²) in [5, 5.41) is 9.26. The lowest BCUT2D eigenvalue weighted by Crippen LogP contribution is -2.17. The molecule has 0 aliphatic rings. The van der Waals surface area contributed by atoms with Crippen LogP contribution in [0.4, 0.5) is 10.1 Å². The number of carboxylic acids is 1. The third kappa shape index (κ3) is 4.02. The summed E-state index contributed by atoms with van der Waals surface area (Å²) >= 11 is 0. The van der Waals surface area contributed by atoms with Gasteiger partial charge < -0.3 is 10.8 Å². The maximum atomic E-state index is 13.2. The summed E-state index contributed by atoms with van der Waals surface area (Å²) in [5.74, 6) is -2.17. The van der Waals surface area contributed by atoms with Gasteiger partial charge in [-0.3, -0.25) is 4.79 Å². The predicted molar refractivity (Wildman–Crippen MR) is 69.9 cm³/mol. The Morgan fingerprint density at radius 2 is 2.06 bits per heavy atom. The third-order valence-corrected chi connectivity index (χ3v) is 2.91. The van der Waals surface area contributed by atoms with Crippen molar-refractivity contribution in [1.29, 1.82) is 0 Å². The first-order valence-corrected chi connectivity index (χ1v) is 5.98. The van der Waals surface area contributed by atoms with Gasteiger partial charge in [0.25, 0.3) is 0 Å². The van der Waals surface area contributed by atoms with Crippen molar-refractivity contribution >= 4 is 11.7 Å². The molecule has 0 aliphatic carbocycles. The lowest BCUT2D eigenvalue weighted by Gasteiger charge is -2.22. The van der Waals surface area contributed by atoms with Crippen LogP contribution in [0.1, 0.15) is 45.1 Å². The molecule has 3 nitrogen and oxygen atoms in total. The van der Waals surface area contributed by atoms with Gasteiger partial charge in [0.05, 0.1) is 5.92 Å². The molecule has 0 aliphatic heterocycles. The minimum absolute atomic E-state index is 0.0375. The molecule has 0 saturated carbocycles. The van der Waals surface area contributed by atoms with E-state index in [1.54, 1.807) is 0 Å². The molecule has 18 heavy (non-hydrogen) atoms. The molecule has 0 aromatic heterocycles. The van der Waals surface area contributed by atoms with Gasteiger partial charge in [0, 0.05) is 5.69 Å². The van der Waals surface area contributed by atoms with E-state index in [9.17, 15) is 14.3 Å². The second-order valence-corrected chi connectivity index (χ2v) is 5.76. The van der Waals surface area contributed by atoms with E-state index in [-0.39, 0.29) is 5.41 Å². The smallest absolute Gasteiger partial charge is 0.311 e. The molecule has 0 bridgehead atoms. The maximum Gasteiger partial charge on any atom is 0.311 e. The van der Waals surface area contributed by atoms with Gasteiger partial charge in [-0.2, -0.15) is 0 Å². The van der Waals surface area contributed by atoms with E-state index >= 15 is 0 Å². The van der Waals surface area contributed by atoms with Gasteiger partial charge in [-0.1, -0.05) is 20.8 Å². The number of anilines is 1. The number of nitrogens with two attached hydrogens (primary N) is 1. The highest BCUT2D eigenvalue weighted by Gasteiger charge is 2.24. The highest BCUT2D eigenvalue weighted by Crippen LogP contribution is 2.32. The van der Waals surface area contributed by atoms with Gasteiger partial charge in [0.15, 0.2) is 0 Å². The number of nitrogen functional groups attached to an aromatic ring is 1. The van der Waals surface area contributed by atoms with E-state index in [0.717, 1.165) is 6.42 Å². The van der Waals surface area contributed by atoms with Crippen molar-refractivity contribution in [2.24, 2.45) is 5.41 Å². The lowest BCUT2D eigenvalue weighted by molar-refractivity contribution is -0.139. The molecule has 100 valence electrons. The summed E-state index contributed by atoms with van der Waals surface area (Å²) in [5.41, 5.74) is 6.47. The first-order valence-electron chi connectivity index (χ1n) is 5.98. The Morgan fingerprint density at radius 1 is 1.44 bits per heavy atom. The van der Waals surface area contributed by atoms with Gasteiger partial charge in [-0.25, -0.2) is 4.39 Å². The fraction of sp³-hybridized carbons (Fsp3) is 0.500. The second kappa shape index (κ2) is 5.38. The Hall–Kier alpha value is -1.58. The number of halogens is 1. The van der Waals surface area contributed by atoms with E-state index in [1.165, 1.54) is 18.2 Å². The van der Waals surface area contributed by atoms with Gasteiger partial charge in [0.1, 0.15) is 5.82 Å². The molecule has 1 unspecified atom stereocenters. The number of hydrogen-bond acceptors (Lipinski definition) is 2. The second-order valence-electron chi connectivity index (χ2n) is 5.76. The summed E-state index contributed by atoms with van der Waals surface area (Å²) in [7, 11) is 0. The van der Waals surface area contributed by atoms with E-state index in [4.69, 9.17) is 5.73 Å². The Labute approximate surface area is 107 Å². The molecule has 0 saturated heterocycles. The first-order chi connectivity index (χ1) is 8.20. The van der Waals surface area contributed by atoms with Gasteiger partial charge in [-0.15, -0.1) is 0 Å². The summed E-state index contributed by atoms with van der Waals surface area (Å²) in [6.45, 7) is 6.13. The lowest BCUT2D eigenvalue weighted by atomic mass is 9.84. The number of benzene rings is 1. The molecular weight excluding hydrogens is 233 g/mol. The first kappa shape index (κ1) is 14.5. The van der Waals surface area contributed by atoms with Crippen LogP contribution in [-0.4, -0.2) is 11.1 Å². The highest BCUT2D eigenvalue weighted by molar-refractivity contribution is 5.78. The average Bonchev–Trinajstić information content (AvgIpc) is 2.21. The Kier molecular flexibility index (Phi) is 4.33. The molecule has 0 radical (unpaired) electrons. The van der Waals surface area contributed by atoms with Crippen LogP contribution < -0.4 is 5.73 Å². The molecule has 0 amide bonds. The Morgan fingerprint density at radius 3 is 2.56 bits per heavy atom. The molecule has 1 aromatic carbocycles. The molecule has 4 heteroatoms. The number of carbonyl (C=O) groups is 1. The molecule has 1 atom stereocenters. The minimum Gasteiger partial charge on any atom is -0.481 e. The molecule has 3 N–H and O–H groups in total. The minimum atomic E-state index is -0.962. The standard InChI is InChI=1S/C14H20FNO2/c1-14(2,3)7-6-10(13(17)18)11-8-9(15)4-5-12(11)16/h4-5,8,10H,6-7,16H2,1-3H3,(H,17,18).